The Kier molecular flexibility index (Phi) is 9.55. The molecule has 0 bridgehead atoms. The molecule has 0 aromatic heterocycles. The van der Waals surface area contributed by atoms with Crippen LogP contribution in [0.25, 0.3) is 0 Å². The van der Waals surface area contributed by atoms with Crippen LogP contribution in [0.2, 0.25) is 0 Å². The van der Waals surface area contributed by atoms with Crippen LogP contribution in [-0.2, 0) is 16.1 Å². The van der Waals surface area contributed by atoms with Gasteiger partial charge in [-0.05, 0) is 49.1 Å². The highest BCUT2D eigenvalue weighted by molar-refractivity contribution is 5.91. The van der Waals surface area contributed by atoms with Gasteiger partial charge in [0.25, 0.3) is 0 Å². The third kappa shape index (κ3) is 8.68. The minimum atomic E-state index is -0.483. The standard InChI is InChI=1S/C23H30N2O4/c1-3-4-15-28-20-12-13-21(18(2)16-20)25-22(26)11-8-14-24-23(27)29-17-19-9-6-5-7-10-19/h5-7,9-10,12-13,16H,3-4,8,11,14-15,17H2,1-2H3,(H,24,27)(H,25,26). The molecule has 0 unspecified atom stereocenters. The Balaban J connectivity index is 1.63. The predicted molar refractivity (Wildman–Crippen MR) is 114 cm³/mol. The van der Waals surface area contributed by atoms with Crippen molar-refractivity contribution in [1.82, 2.24) is 5.32 Å². The van der Waals surface area contributed by atoms with Crippen molar-refractivity contribution in [2.45, 2.75) is 46.1 Å². The molecule has 0 aliphatic carbocycles. The summed E-state index contributed by atoms with van der Waals surface area (Å²) in [5.74, 6) is 0.722. The summed E-state index contributed by atoms with van der Waals surface area (Å²) in [7, 11) is 0. The second-order valence-electron chi connectivity index (χ2n) is 6.82. The fourth-order valence-electron chi connectivity index (χ4n) is 2.63. The van der Waals surface area contributed by atoms with Gasteiger partial charge in [-0.2, -0.15) is 0 Å². The van der Waals surface area contributed by atoms with Crippen LogP contribution in [0.5, 0.6) is 5.75 Å². The van der Waals surface area contributed by atoms with Gasteiger partial charge in [0.15, 0.2) is 0 Å². The quantitative estimate of drug-likeness (QED) is 0.532. The van der Waals surface area contributed by atoms with Crippen LogP contribution in [0.15, 0.2) is 48.5 Å². The summed E-state index contributed by atoms with van der Waals surface area (Å²) in [6, 6.07) is 15.1. The van der Waals surface area contributed by atoms with Gasteiger partial charge in [-0.1, -0.05) is 43.7 Å². The zero-order valence-electron chi connectivity index (χ0n) is 17.2. The molecule has 0 radical (unpaired) electrons. The first kappa shape index (κ1) is 22.3. The van der Waals surface area contributed by atoms with E-state index in [2.05, 4.69) is 17.6 Å². The van der Waals surface area contributed by atoms with Crippen molar-refractivity contribution >= 4 is 17.7 Å². The van der Waals surface area contributed by atoms with E-state index < -0.39 is 6.09 Å². The Bertz CT molecular complexity index is 778. The van der Waals surface area contributed by atoms with Crippen LogP contribution >= 0.6 is 0 Å². The van der Waals surface area contributed by atoms with Crippen LogP contribution in [0, 0.1) is 6.92 Å². The molecule has 0 spiro atoms. The van der Waals surface area contributed by atoms with E-state index in [0.29, 0.717) is 26.0 Å². The average molecular weight is 399 g/mol. The van der Waals surface area contributed by atoms with E-state index in [0.717, 1.165) is 35.4 Å². The molecule has 2 aromatic rings. The van der Waals surface area contributed by atoms with E-state index in [-0.39, 0.29) is 12.5 Å². The number of unbranched alkanes of at least 4 members (excludes halogenated alkanes) is 1. The zero-order chi connectivity index (χ0) is 20.9. The minimum Gasteiger partial charge on any atom is -0.494 e. The van der Waals surface area contributed by atoms with E-state index in [1.165, 1.54) is 0 Å². The van der Waals surface area contributed by atoms with Gasteiger partial charge in [-0.3, -0.25) is 4.79 Å². The molecule has 0 aliphatic rings. The fraction of sp³-hybridized carbons (Fsp3) is 0.391. The maximum absolute atomic E-state index is 12.1. The van der Waals surface area contributed by atoms with Crippen molar-refractivity contribution in [3.8, 4) is 5.75 Å². The molecule has 0 fully saturated rings. The minimum absolute atomic E-state index is 0.0906. The number of amides is 2. The van der Waals surface area contributed by atoms with Crippen LogP contribution < -0.4 is 15.4 Å². The number of nitrogens with one attached hydrogen (secondary N) is 2. The lowest BCUT2D eigenvalue weighted by Crippen LogP contribution is -2.26. The molecule has 0 heterocycles. The lowest BCUT2D eigenvalue weighted by molar-refractivity contribution is -0.116. The third-order valence-electron chi connectivity index (χ3n) is 4.30. The lowest BCUT2D eigenvalue weighted by atomic mass is 10.2. The van der Waals surface area contributed by atoms with Crippen molar-refractivity contribution < 1.29 is 19.1 Å². The molecule has 2 N–H and O–H groups in total. The van der Waals surface area contributed by atoms with Crippen molar-refractivity contribution in [1.29, 1.82) is 0 Å². The molecule has 0 saturated carbocycles. The van der Waals surface area contributed by atoms with Crippen molar-refractivity contribution in [3.63, 3.8) is 0 Å². The molecule has 6 nitrogen and oxygen atoms in total. The van der Waals surface area contributed by atoms with Gasteiger partial charge in [-0.25, -0.2) is 4.79 Å². The lowest BCUT2D eigenvalue weighted by Gasteiger charge is -2.11. The van der Waals surface area contributed by atoms with Crippen molar-refractivity contribution in [2.75, 3.05) is 18.5 Å². The Morgan fingerprint density at radius 1 is 1.03 bits per heavy atom. The highest BCUT2D eigenvalue weighted by Crippen LogP contribution is 2.21. The molecule has 0 atom stereocenters. The van der Waals surface area contributed by atoms with E-state index in [9.17, 15) is 9.59 Å². The van der Waals surface area contributed by atoms with Crippen molar-refractivity contribution in [3.05, 3.63) is 59.7 Å². The maximum atomic E-state index is 12.1. The largest absolute Gasteiger partial charge is 0.494 e. The summed E-state index contributed by atoms with van der Waals surface area (Å²) in [5.41, 5.74) is 2.65. The molecule has 6 heteroatoms. The van der Waals surface area contributed by atoms with E-state index in [4.69, 9.17) is 9.47 Å². The normalized spacial score (nSPS) is 10.3. The first-order chi connectivity index (χ1) is 14.1. The zero-order valence-corrected chi connectivity index (χ0v) is 17.2. The van der Waals surface area contributed by atoms with Crippen LogP contribution in [-0.4, -0.2) is 25.2 Å². The highest BCUT2D eigenvalue weighted by atomic mass is 16.5. The van der Waals surface area contributed by atoms with E-state index in [1.807, 2.05) is 55.5 Å². The van der Waals surface area contributed by atoms with Gasteiger partial charge in [0, 0.05) is 18.7 Å². The first-order valence-electron chi connectivity index (χ1n) is 10.1. The molecular formula is C23H30N2O4. The summed E-state index contributed by atoms with van der Waals surface area (Å²) in [6.45, 7) is 5.36. The second-order valence-corrected chi connectivity index (χ2v) is 6.82. The van der Waals surface area contributed by atoms with Crippen LogP contribution in [0.1, 0.15) is 43.7 Å². The van der Waals surface area contributed by atoms with Gasteiger partial charge in [0.05, 0.1) is 6.61 Å². The molecular weight excluding hydrogens is 368 g/mol. The molecule has 29 heavy (non-hydrogen) atoms. The predicted octanol–water partition coefficient (Wildman–Crippen LogP) is 4.82. The van der Waals surface area contributed by atoms with Crippen molar-refractivity contribution in [2.24, 2.45) is 0 Å². The summed E-state index contributed by atoms with van der Waals surface area (Å²) >= 11 is 0. The van der Waals surface area contributed by atoms with Gasteiger partial charge in [0.1, 0.15) is 12.4 Å². The number of aryl methyl sites for hydroxylation is 1. The monoisotopic (exact) mass is 398 g/mol. The summed E-state index contributed by atoms with van der Waals surface area (Å²) in [5, 5.41) is 5.56. The van der Waals surface area contributed by atoms with E-state index >= 15 is 0 Å². The average Bonchev–Trinajstić information content (AvgIpc) is 2.72. The second kappa shape index (κ2) is 12.4. The smallest absolute Gasteiger partial charge is 0.407 e. The fourth-order valence-corrected chi connectivity index (χ4v) is 2.63. The molecule has 2 aromatic carbocycles. The Morgan fingerprint density at radius 3 is 2.55 bits per heavy atom. The van der Waals surface area contributed by atoms with E-state index in [1.54, 1.807) is 0 Å². The number of carbonyl (C=O) groups excluding carboxylic acids is 2. The number of hydrogen-bond acceptors (Lipinski definition) is 4. The molecule has 2 rings (SSSR count). The number of alkyl carbamates (subject to hydrolysis) is 1. The van der Waals surface area contributed by atoms with Gasteiger partial charge in [0.2, 0.25) is 5.91 Å². The molecule has 0 saturated heterocycles. The summed E-state index contributed by atoms with van der Waals surface area (Å²) in [6.07, 6.45) is 2.47. The van der Waals surface area contributed by atoms with Gasteiger partial charge >= 0.3 is 6.09 Å². The summed E-state index contributed by atoms with van der Waals surface area (Å²) in [4.78, 5) is 23.8. The maximum Gasteiger partial charge on any atom is 0.407 e. The molecule has 2 amide bonds. The van der Waals surface area contributed by atoms with Gasteiger partial charge in [-0.15, -0.1) is 0 Å². The number of benzene rings is 2. The number of hydrogen-bond donors (Lipinski definition) is 2. The number of carbonyl (C=O) groups is 2. The first-order valence-corrected chi connectivity index (χ1v) is 10.1. The number of rotatable bonds is 11. The Hall–Kier alpha value is -3.02. The highest BCUT2D eigenvalue weighted by Gasteiger charge is 2.07. The Labute approximate surface area is 172 Å². The topological polar surface area (TPSA) is 76.7 Å². The number of ether oxygens (including phenoxy) is 2. The van der Waals surface area contributed by atoms with Crippen LogP contribution in [0.3, 0.4) is 0 Å². The van der Waals surface area contributed by atoms with Crippen LogP contribution in [0.4, 0.5) is 10.5 Å². The number of anilines is 1. The SMILES string of the molecule is CCCCOc1ccc(NC(=O)CCCNC(=O)OCc2ccccc2)c(C)c1. The Morgan fingerprint density at radius 2 is 1.83 bits per heavy atom. The summed E-state index contributed by atoms with van der Waals surface area (Å²) < 4.78 is 10.8. The van der Waals surface area contributed by atoms with Gasteiger partial charge < -0.3 is 20.1 Å². The third-order valence-corrected chi connectivity index (χ3v) is 4.30. The molecule has 0 aliphatic heterocycles. The molecule has 156 valence electrons.